The van der Waals surface area contributed by atoms with Crippen LogP contribution < -0.4 is 9.64 Å². The van der Waals surface area contributed by atoms with Crippen LogP contribution >= 0.6 is 11.8 Å². The van der Waals surface area contributed by atoms with Gasteiger partial charge in [-0.15, -0.1) is 11.8 Å². The van der Waals surface area contributed by atoms with Crippen LogP contribution in [0.1, 0.15) is 5.56 Å². The summed E-state index contributed by atoms with van der Waals surface area (Å²) < 4.78 is 5.21. The van der Waals surface area contributed by atoms with Crippen molar-refractivity contribution in [3.05, 3.63) is 54.1 Å². The van der Waals surface area contributed by atoms with Crippen molar-refractivity contribution in [1.29, 1.82) is 0 Å². The number of hydrogen-bond acceptors (Lipinski definition) is 4. The minimum absolute atomic E-state index is 0.0462. The first kappa shape index (κ1) is 16.3. The van der Waals surface area contributed by atoms with E-state index in [-0.39, 0.29) is 11.2 Å². The van der Waals surface area contributed by atoms with Gasteiger partial charge in [0, 0.05) is 36.8 Å². The van der Waals surface area contributed by atoms with Crippen molar-refractivity contribution in [2.45, 2.75) is 16.6 Å². The summed E-state index contributed by atoms with van der Waals surface area (Å²) in [6, 6.07) is 16.5. The van der Waals surface area contributed by atoms with Gasteiger partial charge < -0.3 is 14.5 Å². The molecule has 2 aliphatic heterocycles. The van der Waals surface area contributed by atoms with Crippen LogP contribution in [0.25, 0.3) is 0 Å². The molecule has 4 rings (SSSR count). The number of piperazine rings is 1. The molecule has 1 fully saturated rings. The van der Waals surface area contributed by atoms with E-state index in [1.807, 2.05) is 23.1 Å². The van der Waals surface area contributed by atoms with Gasteiger partial charge in [-0.2, -0.15) is 0 Å². The van der Waals surface area contributed by atoms with Gasteiger partial charge in [0.2, 0.25) is 5.91 Å². The first-order valence-corrected chi connectivity index (χ1v) is 9.55. The van der Waals surface area contributed by atoms with E-state index < -0.39 is 0 Å². The summed E-state index contributed by atoms with van der Waals surface area (Å²) in [6.07, 6.45) is 0.859. The van der Waals surface area contributed by atoms with Gasteiger partial charge in [-0.05, 0) is 42.3 Å². The lowest BCUT2D eigenvalue weighted by atomic mass is 10.1. The molecule has 4 nitrogen and oxygen atoms in total. The van der Waals surface area contributed by atoms with Gasteiger partial charge in [0.25, 0.3) is 0 Å². The van der Waals surface area contributed by atoms with Crippen LogP contribution in [0.15, 0.2) is 53.4 Å². The summed E-state index contributed by atoms with van der Waals surface area (Å²) in [7, 11) is 1.68. The number of carbonyl (C=O) groups excluding carboxylic acids is 1. The van der Waals surface area contributed by atoms with E-state index in [4.69, 9.17) is 4.74 Å². The molecule has 1 unspecified atom stereocenters. The van der Waals surface area contributed by atoms with E-state index in [0.29, 0.717) is 0 Å². The molecular weight excluding hydrogens is 332 g/mol. The number of amides is 1. The number of anilines is 1. The lowest BCUT2D eigenvalue weighted by Gasteiger charge is -2.37. The highest BCUT2D eigenvalue weighted by Crippen LogP contribution is 2.37. The third-order valence-electron chi connectivity index (χ3n) is 4.95. The highest BCUT2D eigenvalue weighted by atomic mass is 32.2. The second kappa shape index (κ2) is 7.00. The number of fused-ring (bicyclic) bond motifs is 1. The molecule has 0 bridgehead atoms. The van der Waals surface area contributed by atoms with E-state index in [1.54, 1.807) is 18.9 Å². The Morgan fingerprint density at radius 1 is 1.04 bits per heavy atom. The van der Waals surface area contributed by atoms with Gasteiger partial charge in [0.15, 0.2) is 0 Å². The molecule has 0 radical (unpaired) electrons. The summed E-state index contributed by atoms with van der Waals surface area (Å²) in [4.78, 5) is 18.5. The van der Waals surface area contributed by atoms with Crippen molar-refractivity contribution in [2.75, 3.05) is 38.2 Å². The highest BCUT2D eigenvalue weighted by Gasteiger charge is 2.32. The number of carbonyl (C=O) groups is 1. The lowest BCUT2D eigenvalue weighted by Crippen LogP contribution is -2.51. The van der Waals surface area contributed by atoms with Gasteiger partial charge in [0.05, 0.1) is 12.4 Å². The monoisotopic (exact) mass is 354 g/mol. The van der Waals surface area contributed by atoms with E-state index in [9.17, 15) is 4.79 Å². The average molecular weight is 354 g/mol. The Labute approximate surface area is 152 Å². The first-order valence-electron chi connectivity index (χ1n) is 8.67. The van der Waals surface area contributed by atoms with Gasteiger partial charge in [-0.3, -0.25) is 4.79 Å². The zero-order chi connectivity index (χ0) is 17.2. The van der Waals surface area contributed by atoms with Gasteiger partial charge in [-0.1, -0.05) is 18.2 Å². The summed E-state index contributed by atoms with van der Waals surface area (Å²) in [5, 5.41) is 0.0462. The van der Waals surface area contributed by atoms with Crippen LogP contribution in [0.2, 0.25) is 0 Å². The summed E-state index contributed by atoms with van der Waals surface area (Å²) in [5.41, 5.74) is 2.50. The topological polar surface area (TPSA) is 32.8 Å². The Hall–Kier alpha value is -2.14. The Morgan fingerprint density at radius 2 is 1.76 bits per heavy atom. The van der Waals surface area contributed by atoms with Crippen LogP contribution in [0.5, 0.6) is 5.75 Å². The molecule has 5 heteroatoms. The molecule has 0 aliphatic carbocycles. The van der Waals surface area contributed by atoms with Crippen molar-refractivity contribution in [1.82, 2.24) is 4.90 Å². The Kier molecular flexibility index (Phi) is 4.57. The molecule has 2 aromatic rings. The molecule has 130 valence electrons. The molecule has 2 aromatic carbocycles. The van der Waals surface area contributed by atoms with E-state index in [2.05, 4.69) is 35.2 Å². The predicted octanol–water partition coefficient (Wildman–Crippen LogP) is 3.06. The second-order valence-electron chi connectivity index (χ2n) is 6.43. The summed E-state index contributed by atoms with van der Waals surface area (Å²) >= 11 is 1.72. The smallest absolute Gasteiger partial charge is 0.236 e. The fourth-order valence-corrected chi connectivity index (χ4v) is 4.78. The summed E-state index contributed by atoms with van der Waals surface area (Å²) in [6.45, 7) is 3.33. The predicted molar refractivity (Wildman–Crippen MR) is 102 cm³/mol. The lowest BCUT2D eigenvalue weighted by molar-refractivity contribution is -0.130. The van der Waals surface area contributed by atoms with Crippen LogP contribution in [-0.2, 0) is 11.2 Å². The molecule has 25 heavy (non-hydrogen) atoms. The van der Waals surface area contributed by atoms with Crippen LogP contribution in [0, 0.1) is 0 Å². The number of ether oxygens (including phenoxy) is 1. The van der Waals surface area contributed by atoms with Crippen molar-refractivity contribution in [3.8, 4) is 5.75 Å². The maximum atomic E-state index is 12.9. The molecular formula is C20H22N2O2S. The van der Waals surface area contributed by atoms with Crippen LogP contribution in [-0.4, -0.2) is 49.3 Å². The zero-order valence-electron chi connectivity index (χ0n) is 14.4. The van der Waals surface area contributed by atoms with Crippen molar-refractivity contribution < 1.29 is 9.53 Å². The molecule has 2 heterocycles. The van der Waals surface area contributed by atoms with E-state index >= 15 is 0 Å². The zero-order valence-corrected chi connectivity index (χ0v) is 15.2. The number of rotatable bonds is 3. The molecule has 1 saturated heterocycles. The normalized spacial score (nSPS) is 19.6. The number of benzene rings is 2. The van der Waals surface area contributed by atoms with E-state index in [0.717, 1.165) is 38.3 Å². The number of nitrogens with zero attached hydrogens (tertiary/aromatic N) is 2. The number of hydrogen-bond donors (Lipinski definition) is 0. The SMILES string of the molecule is COc1ccc(N2CCN(C(=O)C3Cc4ccccc4S3)CC2)cc1. The van der Waals surface area contributed by atoms with Gasteiger partial charge in [0.1, 0.15) is 5.75 Å². The Morgan fingerprint density at radius 3 is 2.44 bits per heavy atom. The summed E-state index contributed by atoms with van der Waals surface area (Å²) in [5.74, 6) is 1.16. The van der Waals surface area contributed by atoms with Crippen LogP contribution in [0.3, 0.4) is 0 Å². The second-order valence-corrected chi connectivity index (χ2v) is 7.67. The minimum atomic E-state index is 0.0462. The minimum Gasteiger partial charge on any atom is -0.497 e. The van der Waals surface area contributed by atoms with Crippen molar-refractivity contribution in [2.24, 2.45) is 0 Å². The molecule has 1 amide bonds. The quantitative estimate of drug-likeness (QED) is 0.848. The first-order chi connectivity index (χ1) is 12.2. The highest BCUT2D eigenvalue weighted by molar-refractivity contribution is 8.01. The third-order valence-corrected chi connectivity index (χ3v) is 6.26. The third kappa shape index (κ3) is 3.33. The average Bonchev–Trinajstić information content (AvgIpc) is 3.12. The Balaban J connectivity index is 1.35. The van der Waals surface area contributed by atoms with Crippen molar-refractivity contribution >= 4 is 23.4 Å². The molecule has 0 N–H and O–H groups in total. The molecule has 0 spiro atoms. The largest absolute Gasteiger partial charge is 0.497 e. The maximum absolute atomic E-state index is 12.9. The van der Waals surface area contributed by atoms with Gasteiger partial charge >= 0.3 is 0 Å². The molecule has 0 aromatic heterocycles. The maximum Gasteiger partial charge on any atom is 0.236 e. The number of methoxy groups -OCH3 is 1. The van der Waals surface area contributed by atoms with Crippen molar-refractivity contribution in [3.63, 3.8) is 0 Å². The fourth-order valence-electron chi connectivity index (χ4n) is 3.50. The fraction of sp³-hybridized carbons (Fsp3) is 0.350. The van der Waals surface area contributed by atoms with Crippen LogP contribution in [0.4, 0.5) is 5.69 Å². The van der Waals surface area contributed by atoms with E-state index in [1.165, 1.54) is 16.1 Å². The van der Waals surface area contributed by atoms with Gasteiger partial charge in [-0.25, -0.2) is 0 Å². The Bertz CT molecular complexity index is 730. The number of thioether (sulfide) groups is 1. The molecule has 0 saturated carbocycles. The standard InChI is InChI=1S/C20H22N2O2S/c1-24-17-8-6-16(7-9-17)21-10-12-22(13-11-21)20(23)19-14-15-4-2-3-5-18(15)25-19/h2-9,19H,10-14H2,1H3. The molecule has 1 atom stereocenters. The molecule has 2 aliphatic rings.